The highest BCUT2D eigenvalue weighted by Crippen LogP contribution is 2.14. The summed E-state index contributed by atoms with van der Waals surface area (Å²) in [5.74, 6) is -0.307. The number of hydrogen-bond donors (Lipinski definition) is 0. The minimum absolute atomic E-state index is 0.00706. The Morgan fingerprint density at radius 3 is 2.65 bits per heavy atom. The summed E-state index contributed by atoms with van der Waals surface area (Å²) in [4.78, 5) is 37.1. The van der Waals surface area contributed by atoms with Crippen LogP contribution in [0.3, 0.4) is 0 Å². The van der Waals surface area contributed by atoms with Crippen LogP contribution in [0.25, 0.3) is 0 Å². The van der Waals surface area contributed by atoms with Gasteiger partial charge < -0.3 is 14.5 Å². The molecule has 0 spiro atoms. The van der Waals surface area contributed by atoms with Crippen LogP contribution in [0.1, 0.15) is 11.1 Å². The van der Waals surface area contributed by atoms with Gasteiger partial charge in [0.1, 0.15) is 19.2 Å². The highest BCUT2D eigenvalue weighted by atomic mass is 16.5. The lowest BCUT2D eigenvalue weighted by Gasteiger charge is -2.25. The molecule has 4 rings (SSSR count). The fraction of sp³-hybridized carbons (Fsp3) is 0.318. The average molecular weight is 420 g/mol. The van der Waals surface area contributed by atoms with Gasteiger partial charge in [0.2, 0.25) is 11.8 Å². The summed E-state index contributed by atoms with van der Waals surface area (Å²) in [5, 5.41) is 3.98. The molecule has 0 N–H and O–H groups in total. The summed E-state index contributed by atoms with van der Waals surface area (Å²) >= 11 is 0. The van der Waals surface area contributed by atoms with Crippen LogP contribution in [0.2, 0.25) is 0 Å². The minimum Gasteiger partial charge on any atom is -0.370 e. The van der Waals surface area contributed by atoms with Crippen LogP contribution in [-0.4, -0.2) is 67.1 Å². The Kier molecular flexibility index (Phi) is 6.63. The van der Waals surface area contributed by atoms with E-state index in [1.54, 1.807) is 22.2 Å². The van der Waals surface area contributed by atoms with Crippen LogP contribution < -0.4 is 0 Å². The number of pyridine rings is 1. The summed E-state index contributed by atoms with van der Waals surface area (Å²) in [6.07, 6.45) is 5.99. The molecule has 31 heavy (non-hydrogen) atoms. The Labute approximate surface area is 180 Å². The minimum atomic E-state index is -0.324. The van der Waals surface area contributed by atoms with E-state index in [1.807, 2.05) is 42.5 Å². The molecule has 1 aliphatic heterocycles. The molecule has 1 fully saturated rings. The summed E-state index contributed by atoms with van der Waals surface area (Å²) in [7, 11) is 0. The van der Waals surface area contributed by atoms with E-state index in [0.717, 1.165) is 11.1 Å². The second-order valence-electron chi connectivity index (χ2n) is 7.42. The first kappa shape index (κ1) is 20.7. The number of amides is 2. The zero-order valence-corrected chi connectivity index (χ0v) is 17.1. The number of benzene rings is 1. The lowest BCUT2D eigenvalue weighted by molar-refractivity contribution is -0.139. The molecule has 1 aliphatic rings. The second-order valence-corrected chi connectivity index (χ2v) is 7.42. The zero-order chi connectivity index (χ0) is 21.5. The van der Waals surface area contributed by atoms with Gasteiger partial charge in [-0.05, 0) is 17.2 Å². The fourth-order valence-electron chi connectivity index (χ4n) is 3.48. The quantitative estimate of drug-likeness (QED) is 0.569. The van der Waals surface area contributed by atoms with Crippen molar-refractivity contribution in [3.05, 3.63) is 78.6 Å². The monoisotopic (exact) mass is 420 g/mol. The normalized spacial score (nSPS) is 16.9. The summed E-state index contributed by atoms with van der Waals surface area (Å²) in [6.45, 7) is 1.59. The van der Waals surface area contributed by atoms with E-state index in [4.69, 9.17) is 4.74 Å². The molecule has 3 heterocycles. The van der Waals surface area contributed by atoms with Crippen molar-refractivity contribution in [1.29, 1.82) is 0 Å². The van der Waals surface area contributed by atoms with Gasteiger partial charge in [-0.1, -0.05) is 36.4 Å². The lowest BCUT2D eigenvalue weighted by atomic mass is 10.2. The molecule has 1 atom stereocenters. The van der Waals surface area contributed by atoms with Crippen molar-refractivity contribution in [1.82, 2.24) is 29.5 Å². The van der Waals surface area contributed by atoms with E-state index in [0.29, 0.717) is 26.2 Å². The fourth-order valence-corrected chi connectivity index (χ4v) is 3.48. The topological polar surface area (TPSA) is 93.5 Å². The smallest absolute Gasteiger partial charge is 0.244 e. The largest absolute Gasteiger partial charge is 0.370 e. The van der Waals surface area contributed by atoms with Crippen LogP contribution in [-0.2, 0) is 34.0 Å². The zero-order valence-electron chi connectivity index (χ0n) is 17.1. The number of carbonyl (C=O) groups excluding carboxylic acids is 2. The number of rotatable bonds is 7. The SMILES string of the molecule is O=C(Cn1cncn1)N1CC(=O)N(Cc2ccccc2)C[C@@H](OCc2cccnc2)C1. The van der Waals surface area contributed by atoms with Crippen LogP contribution >= 0.6 is 0 Å². The van der Waals surface area contributed by atoms with Crippen LogP contribution in [0.15, 0.2) is 67.5 Å². The standard InChI is InChI=1S/C22H24N6O3/c29-21-13-27(22(30)14-28-17-24-16-25-28)12-20(31-15-19-7-4-8-23-9-19)11-26(21)10-18-5-2-1-3-6-18/h1-9,16-17,20H,10-15H2/t20-/m1/s1. The van der Waals surface area contributed by atoms with Gasteiger partial charge in [0.25, 0.3) is 0 Å². The molecule has 0 saturated carbocycles. The molecule has 9 nitrogen and oxygen atoms in total. The van der Waals surface area contributed by atoms with Crippen molar-refractivity contribution >= 4 is 11.8 Å². The van der Waals surface area contributed by atoms with E-state index in [-0.39, 0.29) is 31.0 Å². The van der Waals surface area contributed by atoms with E-state index >= 15 is 0 Å². The molecule has 9 heteroatoms. The summed E-state index contributed by atoms with van der Waals surface area (Å²) in [5.41, 5.74) is 1.97. The molecule has 1 aromatic carbocycles. The van der Waals surface area contributed by atoms with Crippen molar-refractivity contribution in [3.8, 4) is 0 Å². The first-order valence-corrected chi connectivity index (χ1v) is 10.1. The molecule has 0 unspecified atom stereocenters. The van der Waals surface area contributed by atoms with Gasteiger partial charge in [0.05, 0.1) is 19.3 Å². The first-order chi connectivity index (χ1) is 15.2. The Bertz CT molecular complexity index is 981. The maximum atomic E-state index is 13.0. The molecule has 0 aliphatic carbocycles. The highest BCUT2D eigenvalue weighted by Gasteiger charge is 2.31. The van der Waals surface area contributed by atoms with Gasteiger partial charge in [0, 0.05) is 32.0 Å². The van der Waals surface area contributed by atoms with Gasteiger partial charge in [-0.2, -0.15) is 5.10 Å². The second kappa shape index (κ2) is 9.94. The summed E-state index contributed by atoms with van der Waals surface area (Å²) < 4.78 is 7.57. The van der Waals surface area contributed by atoms with Gasteiger partial charge in [-0.3, -0.25) is 14.6 Å². The Balaban J connectivity index is 1.48. The number of nitrogens with zero attached hydrogens (tertiary/aromatic N) is 6. The molecule has 1 saturated heterocycles. The molecule has 0 bridgehead atoms. The molecule has 160 valence electrons. The van der Waals surface area contributed by atoms with Crippen LogP contribution in [0.4, 0.5) is 0 Å². The van der Waals surface area contributed by atoms with Crippen LogP contribution in [0.5, 0.6) is 0 Å². The number of hydrogen-bond acceptors (Lipinski definition) is 6. The Hall–Kier alpha value is -3.59. The van der Waals surface area contributed by atoms with E-state index in [2.05, 4.69) is 15.1 Å². The third-order valence-corrected chi connectivity index (χ3v) is 5.07. The first-order valence-electron chi connectivity index (χ1n) is 10.1. The van der Waals surface area contributed by atoms with Crippen molar-refractivity contribution in [2.24, 2.45) is 0 Å². The maximum Gasteiger partial charge on any atom is 0.244 e. The highest BCUT2D eigenvalue weighted by molar-refractivity contribution is 5.85. The van der Waals surface area contributed by atoms with E-state index in [9.17, 15) is 9.59 Å². The molecule has 3 aromatic rings. The Morgan fingerprint density at radius 2 is 1.90 bits per heavy atom. The molecule has 2 amide bonds. The van der Waals surface area contributed by atoms with Gasteiger partial charge in [-0.25, -0.2) is 9.67 Å². The number of ether oxygens (including phenoxy) is 1. The lowest BCUT2D eigenvalue weighted by Crippen LogP contribution is -2.41. The van der Waals surface area contributed by atoms with Crippen molar-refractivity contribution in [3.63, 3.8) is 0 Å². The van der Waals surface area contributed by atoms with E-state index < -0.39 is 0 Å². The molecular weight excluding hydrogens is 396 g/mol. The third-order valence-electron chi connectivity index (χ3n) is 5.07. The maximum absolute atomic E-state index is 13.0. The number of carbonyl (C=O) groups is 2. The average Bonchev–Trinajstić information content (AvgIpc) is 3.25. The van der Waals surface area contributed by atoms with Gasteiger partial charge >= 0.3 is 0 Å². The molecule has 2 aromatic heterocycles. The van der Waals surface area contributed by atoms with Crippen LogP contribution in [0, 0.1) is 0 Å². The number of aromatic nitrogens is 4. The van der Waals surface area contributed by atoms with Crippen molar-refractivity contribution in [2.45, 2.75) is 25.8 Å². The van der Waals surface area contributed by atoms with Gasteiger partial charge in [0.15, 0.2) is 0 Å². The summed E-state index contributed by atoms with van der Waals surface area (Å²) in [6, 6.07) is 13.6. The predicted molar refractivity (Wildman–Crippen MR) is 111 cm³/mol. The predicted octanol–water partition coefficient (Wildman–Crippen LogP) is 1.13. The Morgan fingerprint density at radius 1 is 1.06 bits per heavy atom. The molecule has 0 radical (unpaired) electrons. The van der Waals surface area contributed by atoms with Gasteiger partial charge in [-0.15, -0.1) is 0 Å². The van der Waals surface area contributed by atoms with Crippen molar-refractivity contribution < 1.29 is 14.3 Å². The molecular formula is C22H24N6O3. The van der Waals surface area contributed by atoms with E-state index in [1.165, 1.54) is 17.3 Å². The third kappa shape index (κ3) is 5.73. The van der Waals surface area contributed by atoms with Crippen molar-refractivity contribution in [2.75, 3.05) is 19.6 Å².